The maximum Gasteiger partial charge on any atom is 0.238 e. The van der Waals surface area contributed by atoms with Gasteiger partial charge in [0, 0.05) is 23.7 Å². The highest BCUT2D eigenvalue weighted by atomic mass is 32.1. The van der Waals surface area contributed by atoms with Gasteiger partial charge in [-0.15, -0.1) is 11.3 Å². The van der Waals surface area contributed by atoms with Crippen molar-refractivity contribution in [1.82, 2.24) is 4.90 Å². The molecule has 0 aliphatic carbocycles. The van der Waals surface area contributed by atoms with Gasteiger partial charge in [-0.1, -0.05) is 0 Å². The normalized spacial score (nSPS) is 14.7. The van der Waals surface area contributed by atoms with Gasteiger partial charge in [-0.2, -0.15) is 0 Å². The van der Waals surface area contributed by atoms with Gasteiger partial charge in [0.1, 0.15) is 5.82 Å². The Kier molecular flexibility index (Phi) is 3.90. The number of halogens is 1. The van der Waals surface area contributed by atoms with E-state index in [-0.39, 0.29) is 18.1 Å². The average molecular weight is 305 g/mol. The topological polar surface area (TPSA) is 58.4 Å². The third kappa shape index (κ3) is 3.22. The Balaban J connectivity index is 1.61. The Hall–Kier alpha value is -1.92. The van der Waals surface area contributed by atoms with Crippen LogP contribution in [-0.2, 0) is 17.8 Å². The first-order valence-electron chi connectivity index (χ1n) is 6.74. The molecule has 6 heteroatoms. The van der Waals surface area contributed by atoms with E-state index in [1.165, 1.54) is 28.6 Å². The fraction of sp³-hybridized carbons (Fsp3) is 0.267. The fourth-order valence-electron chi connectivity index (χ4n) is 2.47. The van der Waals surface area contributed by atoms with Crippen molar-refractivity contribution < 1.29 is 9.18 Å². The SMILES string of the molecule is Nc1ccc(F)c(NC(=O)CN2CCc3sccc3C2)c1. The number of carbonyl (C=O) groups excluding carboxylic acids is 1. The van der Waals surface area contributed by atoms with Gasteiger partial charge in [0.25, 0.3) is 0 Å². The molecular weight excluding hydrogens is 289 g/mol. The minimum Gasteiger partial charge on any atom is -0.399 e. The number of thiophene rings is 1. The van der Waals surface area contributed by atoms with Crippen LogP contribution in [0.3, 0.4) is 0 Å². The largest absolute Gasteiger partial charge is 0.399 e. The predicted molar refractivity (Wildman–Crippen MR) is 82.7 cm³/mol. The zero-order chi connectivity index (χ0) is 14.8. The first kappa shape index (κ1) is 14.0. The average Bonchev–Trinajstić information content (AvgIpc) is 2.90. The molecule has 0 saturated carbocycles. The molecule has 0 saturated heterocycles. The van der Waals surface area contributed by atoms with Crippen LogP contribution >= 0.6 is 11.3 Å². The van der Waals surface area contributed by atoms with Gasteiger partial charge in [-0.25, -0.2) is 4.39 Å². The number of fused-ring (bicyclic) bond motifs is 1. The Morgan fingerprint density at radius 3 is 3.14 bits per heavy atom. The number of hydrogen-bond donors (Lipinski definition) is 2. The molecule has 4 nitrogen and oxygen atoms in total. The Bertz CT molecular complexity index is 671. The predicted octanol–water partition coefficient (Wildman–Crippen LogP) is 2.47. The number of nitrogens with two attached hydrogens (primary N) is 1. The van der Waals surface area contributed by atoms with Crippen molar-refractivity contribution in [1.29, 1.82) is 0 Å². The van der Waals surface area contributed by atoms with E-state index in [1.807, 2.05) is 0 Å². The molecular formula is C15H16FN3OS. The molecule has 1 aromatic carbocycles. The van der Waals surface area contributed by atoms with E-state index >= 15 is 0 Å². The van der Waals surface area contributed by atoms with E-state index in [9.17, 15) is 9.18 Å². The summed E-state index contributed by atoms with van der Waals surface area (Å²) in [5.41, 5.74) is 7.44. The van der Waals surface area contributed by atoms with Crippen LogP contribution in [0.5, 0.6) is 0 Å². The van der Waals surface area contributed by atoms with Crippen LogP contribution in [0.4, 0.5) is 15.8 Å². The van der Waals surface area contributed by atoms with Crippen molar-refractivity contribution in [2.24, 2.45) is 0 Å². The van der Waals surface area contributed by atoms with Gasteiger partial charge in [-0.3, -0.25) is 9.69 Å². The summed E-state index contributed by atoms with van der Waals surface area (Å²) < 4.78 is 13.6. The van der Waals surface area contributed by atoms with Gasteiger partial charge in [0.2, 0.25) is 5.91 Å². The highest BCUT2D eigenvalue weighted by molar-refractivity contribution is 7.10. The molecule has 0 fully saturated rings. The fourth-order valence-corrected chi connectivity index (χ4v) is 3.36. The summed E-state index contributed by atoms with van der Waals surface area (Å²) in [5.74, 6) is -0.700. The van der Waals surface area contributed by atoms with E-state index in [0.29, 0.717) is 5.69 Å². The van der Waals surface area contributed by atoms with Crippen LogP contribution in [-0.4, -0.2) is 23.9 Å². The van der Waals surface area contributed by atoms with Gasteiger partial charge >= 0.3 is 0 Å². The van der Waals surface area contributed by atoms with Gasteiger partial charge < -0.3 is 11.1 Å². The maximum absolute atomic E-state index is 13.6. The highest BCUT2D eigenvalue weighted by Crippen LogP contribution is 2.24. The summed E-state index contributed by atoms with van der Waals surface area (Å²) in [4.78, 5) is 15.5. The zero-order valence-electron chi connectivity index (χ0n) is 11.4. The molecule has 1 aliphatic heterocycles. The van der Waals surface area contributed by atoms with E-state index in [4.69, 9.17) is 5.73 Å². The number of nitrogens with zero attached hydrogens (tertiary/aromatic N) is 1. The number of nitrogen functional groups attached to an aromatic ring is 1. The maximum atomic E-state index is 13.6. The van der Waals surface area contributed by atoms with Gasteiger partial charge in [0.05, 0.1) is 12.2 Å². The Labute approximate surface area is 126 Å². The van der Waals surface area contributed by atoms with Crippen LogP contribution < -0.4 is 11.1 Å². The molecule has 3 N–H and O–H groups in total. The molecule has 1 aromatic heterocycles. The molecule has 2 heterocycles. The lowest BCUT2D eigenvalue weighted by molar-refractivity contribution is -0.117. The summed E-state index contributed by atoms with van der Waals surface area (Å²) >= 11 is 1.76. The lowest BCUT2D eigenvalue weighted by Gasteiger charge is -2.26. The number of nitrogens with one attached hydrogen (secondary N) is 1. The number of anilines is 2. The second kappa shape index (κ2) is 5.83. The van der Waals surface area contributed by atoms with Crippen molar-refractivity contribution in [2.75, 3.05) is 24.1 Å². The molecule has 1 aliphatic rings. The number of amides is 1. The molecule has 21 heavy (non-hydrogen) atoms. The monoisotopic (exact) mass is 305 g/mol. The number of rotatable bonds is 3. The lowest BCUT2D eigenvalue weighted by atomic mass is 10.1. The third-order valence-electron chi connectivity index (χ3n) is 3.52. The summed E-state index contributed by atoms with van der Waals surface area (Å²) in [7, 11) is 0. The van der Waals surface area contributed by atoms with Crippen LogP contribution in [0.1, 0.15) is 10.4 Å². The molecule has 0 atom stereocenters. The van der Waals surface area contributed by atoms with Crippen molar-refractivity contribution in [3.8, 4) is 0 Å². The standard InChI is InChI=1S/C15H16FN3OS/c16-12-2-1-11(17)7-13(12)18-15(20)9-19-5-3-14-10(8-19)4-6-21-14/h1-2,4,6-7H,3,5,8-9,17H2,(H,18,20). The van der Waals surface area contributed by atoms with Crippen LogP contribution in [0.25, 0.3) is 0 Å². The second-order valence-corrected chi connectivity index (χ2v) is 6.12. The minimum atomic E-state index is -0.476. The number of carbonyl (C=O) groups is 1. The van der Waals surface area contributed by atoms with E-state index in [1.54, 1.807) is 11.3 Å². The highest BCUT2D eigenvalue weighted by Gasteiger charge is 2.19. The Morgan fingerprint density at radius 2 is 2.29 bits per heavy atom. The summed E-state index contributed by atoms with van der Waals surface area (Å²) in [6.45, 7) is 1.87. The first-order valence-corrected chi connectivity index (χ1v) is 7.62. The van der Waals surface area contributed by atoms with Gasteiger partial charge in [0.15, 0.2) is 0 Å². The summed E-state index contributed by atoms with van der Waals surface area (Å²) in [6.07, 6.45) is 0.965. The quantitative estimate of drug-likeness (QED) is 0.857. The molecule has 1 amide bonds. The van der Waals surface area contributed by atoms with Crippen molar-refractivity contribution >= 4 is 28.6 Å². The molecule has 0 bridgehead atoms. The molecule has 2 aromatic rings. The second-order valence-electron chi connectivity index (χ2n) is 5.12. The van der Waals surface area contributed by atoms with E-state index < -0.39 is 5.82 Å². The zero-order valence-corrected chi connectivity index (χ0v) is 12.3. The molecule has 0 radical (unpaired) electrons. The Morgan fingerprint density at radius 1 is 1.43 bits per heavy atom. The molecule has 0 unspecified atom stereocenters. The first-order chi connectivity index (χ1) is 10.1. The number of hydrogen-bond acceptors (Lipinski definition) is 4. The summed E-state index contributed by atoms with van der Waals surface area (Å²) in [6, 6.07) is 6.25. The minimum absolute atomic E-state index is 0.133. The summed E-state index contributed by atoms with van der Waals surface area (Å²) in [5, 5.41) is 4.66. The number of benzene rings is 1. The molecule has 0 spiro atoms. The van der Waals surface area contributed by atoms with Crippen molar-refractivity contribution in [3.63, 3.8) is 0 Å². The lowest BCUT2D eigenvalue weighted by Crippen LogP contribution is -2.36. The van der Waals surface area contributed by atoms with Crippen molar-refractivity contribution in [3.05, 3.63) is 45.9 Å². The third-order valence-corrected chi connectivity index (χ3v) is 4.54. The molecule has 3 rings (SSSR count). The van der Waals surface area contributed by atoms with Crippen molar-refractivity contribution in [2.45, 2.75) is 13.0 Å². The van der Waals surface area contributed by atoms with Crippen LogP contribution in [0.15, 0.2) is 29.6 Å². The van der Waals surface area contributed by atoms with Crippen LogP contribution in [0.2, 0.25) is 0 Å². The van der Waals surface area contributed by atoms with Crippen LogP contribution in [0, 0.1) is 5.82 Å². The smallest absolute Gasteiger partial charge is 0.238 e. The van der Waals surface area contributed by atoms with E-state index in [0.717, 1.165) is 19.5 Å². The molecule has 110 valence electrons. The van der Waals surface area contributed by atoms with Gasteiger partial charge in [-0.05, 0) is 41.6 Å². The van der Waals surface area contributed by atoms with E-state index in [2.05, 4.69) is 21.7 Å².